The Bertz CT molecular complexity index is 1100. The number of nitro groups is 1. The van der Waals surface area contributed by atoms with Crippen molar-refractivity contribution in [1.82, 2.24) is 0 Å². The average molecular weight is 432 g/mol. The second kappa shape index (κ2) is 7.46. The van der Waals surface area contributed by atoms with Crippen molar-refractivity contribution in [3.63, 3.8) is 0 Å². The maximum Gasteiger partial charge on any atom is 0.269 e. The van der Waals surface area contributed by atoms with Crippen LogP contribution < -0.4 is 4.90 Å². The Balaban J connectivity index is 1.60. The average Bonchev–Trinajstić information content (AvgIpc) is 3.12. The van der Waals surface area contributed by atoms with Crippen molar-refractivity contribution in [3.05, 3.63) is 69.3 Å². The molecular weight excluding hydrogens is 410 g/mol. The van der Waals surface area contributed by atoms with Crippen LogP contribution in [0.5, 0.6) is 0 Å². The molecule has 0 saturated carbocycles. The first-order valence-electron chi connectivity index (χ1n) is 9.24. The number of rotatable bonds is 4. The van der Waals surface area contributed by atoms with E-state index in [1.54, 1.807) is 12.1 Å². The van der Waals surface area contributed by atoms with Crippen LogP contribution in [0.25, 0.3) is 0 Å². The molecule has 2 aliphatic heterocycles. The van der Waals surface area contributed by atoms with Gasteiger partial charge in [-0.2, -0.15) is 0 Å². The molecule has 0 unspecified atom stereocenters. The van der Waals surface area contributed by atoms with Crippen LogP contribution in [0.2, 0.25) is 0 Å². The fourth-order valence-corrected chi connectivity index (χ4v) is 6.77. The summed E-state index contributed by atoms with van der Waals surface area (Å²) in [4.78, 5) is 17.2. The Morgan fingerprint density at radius 2 is 1.90 bits per heavy atom. The lowest BCUT2D eigenvalue weighted by molar-refractivity contribution is -0.384. The number of benzene rings is 2. The summed E-state index contributed by atoms with van der Waals surface area (Å²) in [6, 6.07) is 12.2. The van der Waals surface area contributed by atoms with Crippen molar-refractivity contribution in [2.24, 2.45) is 4.99 Å². The van der Waals surface area contributed by atoms with Crippen LogP contribution in [-0.2, 0) is 15.6 Å². The highest BCUT2D eigenvalue weighted by Gasteiger charge is 2.47. The van der Waals surface area contributed by atoms with Gasteiger partial charge in [-0.25, -0.2) is 8.42 Å². The van der Waals surface area contributed by atoms with Crippen LogP contribution in [0.4, 0.5) is 11.4 Å². The SMILES string of the molecule is Cc1ccc(N2C(SCc3ccc([N+](=O)[O-])cc3)=N[C@H]3CS(=O)(=O)C[C@H]32)c(C)c1. The van der Waals surface area contributed by atoms with Gasteiger partial charge in [0.1, 0.15) is 0 Å². The quantitative estimate of drug-likeness (QED) is 0.543. The highest BCUT2D eigenvalue weighted by Crippen LogP contribution is 2.37. The minimum absolute atomic E-state index is 0.0635. The lowest BCUT2D eigenvalue weighted by Crippen LogP contribution is -2.39. The predicted octanol–water partition coefficient (Wildman–Crippen LogP) is 3.49. The van der Waals surface area contributed by atoms with E-state index in [1.165, 1.54) is 23.9 Å². The van der Waals surface area contributed by atoms with Crippen molar-refractivity contribution in [3.8, 4) is 0 Å². The Morgan fingerprint density at radius 3 is 2.55 bits per heavy atom. The van der Waals surface area contributed by atoms with E-state index < -0.39 is 14.8 Å². The fraction of sp³-hybridized carbons (Fsp3) is 0.350. The Labute approximate surface area is 173 Å². The zero-order valence-corrected chi connectivity index (χ0v) is 17.7. The van der Waals surface area contributed by atoms with Gasteiger partial charge in [0.2, 0.25) is 0 Å². The number of non-ortho nitro benzene ring substituents is 1. The Hall–Kier alpha value is -2.39. The molecule has 152 valence electrons. The van der Waals surface area contributed by atoms with Crippen molar-refractivity contribution in [1.29, 1.82) is 0 Å². The Kier molecular flexibility index (Phi) is 5.12. The summed E-state index contributed by atoms with van der Waals surface area (Å²) < 4.78 is 24.4. The second-order valence-corrected chi connectivity index (χ2v) is 10.6. The molecule has 0 spiro atoms. The molecule has 2 heterocycles. The standard InChI is InChI=1S/C20H21N3O4S2/c1-13-3-8-18(14(2)9-13)22-19-12-29(26,27)11-17(19)21-20(22)28-10-15-4-6-16(7-5-15)23(24)25/h3-9,17,19H,10-12H2,1-2H3/t17-,19+/m0/s1. The maximum absolute atomic E-state index is 12.2. The van der Waals surface area contributed by atoms with E-state index in [1.807, 2.05) is 26.0 Å². The molecule has 2 aromatic rings. The number of nitro benzene ring substituents is 1. The molecule has 1 saturated heterocycles. The Morgan fingerprint density at radius 1 is 1.17 bits per heavy atom. The van der Waals surface area contributed by atoms with Gasteiger partial charge in [-0.1, -0.05) is 41.6 Å². The zero-order valence-electron chi connectivity index (χ0n) is 16.1. The topological polar surface area (TPSA) is 92.9 Å². The van der Waals surface area contributed by atoms with Crippen LogP contribution >= 0.6 is 11.8 Å². The summed E-state index contributed by atoms with van der Waals surface area (Å²) in [7, 11) is -3.09. The molecule has 2 aliphatic rings. The van der Waals surface area contributed by atoms with Gasteiger partial charge < -0.3 is 4.90 Å². The summed E-state index contributed by atoms with van der Waals surface area (Å²) >= 11 is 1.54. The highest BCUT2D eigenvalue weighted by molar-refractivity contribution is 8.13. The summed E-state index contributed by atoms with van der Waals surface area (Å²) in [6.45, 7) is 4.06. The van der Waals surface area contributed by atoms with E-state index in [0.717, 1.165) is 27.5 Å². The smallest absolute Gasteiger partial charge is 0.269 e. The third-order valence-corrected chi connectivity index (χ3v) is 7.97. The van der Waals surface area contributed by atoms with E-state index in [-0.39, 0.29) is 29.3 Å². The molecule has 4 rings (SSSR count). The van der Waals surface area contributed by atoms with Crippen molar-refractivity contribution in [2.75, 3.05) is 16.4 Å². The molecule has 2 aromatic carbocycles. The van der Waals surface area contributed by atoms with Gasteiger partial charge in [0.05, 0.1) is 28.5 Å². The van der Waals surface area contributed by atoms with Gasteiger partial charge in [0.15, 0.2) is 15.0 Å². The van der Waals surface area contributed by atoms with E-state index >= 15 is 0 Å². The number of aliphatic imine (C=N–C) groups is 1. The molecule has 0 aromatic heterocycles. The number of hydrogen-bond donors (Lipinski definition) is 0. The number of fused-ring (bicyclic) bond motifs is 1. The molecule has 0 radical (unpaired) electrons. The molecule has 0 aliphatic carbocycles. The lowest BCUT2D eigenvalue weighted by Gasteiger charge is -2.28. The second-order valence-electron chi connectivity index (χ2n) is 7.50. The fourth-order valence-electron chi connectivity index (χ4n) is 3.85. The first-order chi connectivity index (χ1) is 13.7. The molecule has 7 nitrogen and oxygen atoms in total. The van der Waals surface area contributed by atoms with Crippen LogP contribution in [0.15, 0.2) is 47.5 Å². The highest BCUT2D eigenvalue weighted by atomic mass is 32.2. The van der Waals surface area contributed by atoms with Crippen LogP contribution in [-0.4, -0.2) is 42.1 Å². The first-order valence-corrected chi connectivity index (χ1v) is 12.0. The summed E-state index contributed by atoms with van der Waals surface area (Å²) in [6.07, 6.45) is 0. The molecule has 29 heavy (non-hydrogen) atoms. The van der Waals surface area contributed by atoms with Crippen molar-refractivity contribution < 1.29 is 13.3 Å². The largest absolute Gasteiger partial charge is 0.315 e. The molecule has 0 bridgehead atoms. The molecule has 9 heteroatoms. The van der Waals surface area contributed by atoms with Gasteiger partial charge in [-0.05, 0) is 31.0 Å². The first kappa shape index (κ1) is 19.9. The van der Waals surface area contributed by atoms with E-state index in [4.69, 9.17) is 4.99 Å². The van der Waals surface area contributed by atoms with Crippen LogP contribution in [0.1, 0.15) is 16.7 Å². The molecule has 0 N–H and O–H groups in total. The minimum Gasteiger partial charge on any atom is -0.315 e. The summed E-state index contributed by atoms with van der Waals surface area (Å²) in [5, 5.41) is 11.6. The third-order valence-electron chi connectivity index (χ3n) is 5.23. The lowest BCUT2D eigenvalue weighted by atomic mass is 10.1. The van der Waals surface area contributed by atoms with Gasteiger partial charge >= 0.3 is 0 Å². The number of nitrogens with zero attached hydrogens (tertiary/aromatic N) is 3. The summed E-state index contributed by atoms with van der Waals surface area (Å²) in [5.74, 6) is 0.793. The monoisotopic (exact) mass is 431 g/mol. The number of hydrogen-bond acceptors (Lipinski definition) is 7. The van der Waals surface area contributed by atoms with Crippen molar-refractivity contribution in [2.45, 2.75) is 31.7 Å². The van der Waals surface area contributed by atoms with Gasteiger partial charge in [0, 0.05) is 23.6 Å². The van der Waals surface area contributed by atoms with Crippen molar-refractivity contribution >= 4 is 38.1 Å². The van der Waals surface area contributed by atoms with Gasteiger partial charge in [0.25, 0.3) is 5.69 Å². The molecule has 2 atom stereocenters. The third kappa shape index (κ3) is 4.02. The molecular formula is C20H21N3O4S2. The molecule has 1 fully saturated rings. The number of sulfone groups is 1. The number of thioether (sulfide) groups is 1. The maximum atomic E-state index is 12.2. The normalized spacial score (nSPS) is 22.4. The predicted molar refractivity (Wildman–Crippen MR) is 116 cm³/mol. The van der Waals surface area contributed by atoms with Crippen LogP contribution in [0.3, 0.4) is 0 Å². The zero-order chi connectivity index (χ0) is 20.8. The summed E-state index contributed by atoms with van der Waals surface area (Å²) in [5.41, 5.74) is 4.23. The number of anilines is 1. The van der Waals surface area contributed by atoms with E-state index in [0.29, 0.717) is 5.75 Å². The number of amidine groups is 1. The van der Waals surface area contributed by atoms with Gasteiger partial charge in [-0.3, -0.25) is 15.1 Å². The van der Waals surface area contributed by atoms with E-state index in [2.05, 4.69) is 11.0 Å². The van der Waals surface area contributed by atoms with Gasteiger partial charge in [-0.15, -0.1) is 0 Å². The van der Waals surface area contributed by atoms with Crippen LogP contribution in [0, 0.1) is 24.0 Å². The minimum atomic E-state index is -3.09. The van der Waals surface area contributed by atoms with E-state index in [9.17, 15) is 18.5 Å². The number of aryl methyl sites for hydroxylation is 2. The molecule has 0 amide bonds.